The molecule has 0 atom stereocenters. The number of nitrogens with zero attached hydrogens (tertiary/aromatic N) is 4. The molecule has 0 bridgehead atoms. The highest BCUT2D eigenvalue weighted by atomic mass is 35.5. The highest BCUT2D eigenvalue weighted by Gasteiger charge is 2.08. The fraction of sp³-hybridized carbons (Fsp3) is 0.364. The van der Waals surface area contributed by atoms with Crippen LogP contribution in [0, 0.1) is 0 Å². The molecule has 0 fully saturated rings. The van der Waals surface area contributed by atoms with Crippen LogP contribution in [-0.4, -0.2) is 26.6 Å². The van der Waals surface area contributed by atoms with Gasteiger partial charge < -0.3 is 0 Å². The third-order valence-corrected chi connectivity index (χ3v) is 3.41. The summed E-state index contributed by atoms with van der Waals surface area (Å²) >= 11 is 7.20. The maximum atomic E-state index is 5.77. The lowest BCUT2D eigenvalue weighted by atomic mass is 10.2. The van der Waals surface area contributed by atoms with E-state index in [-0.39, 0.29) is 0 Å². The summed E-state index contributed by atoms with van der Waals surface area (Å²) in [6.07, 6.45) is 3.62. The van der Waals surface area contributed by atoms with Crippen molar-refractivity contribution in [2.24, 2.45) is 0 Å². The van der Waals surface area contributed by atoms with Crippen LogP contribution in [0.4, 0.5) is 0 Å². The summed E-state index contributed by atoms with van der Waals surface area (Å²) in [4.78, 5) is 6.29. The van der Waals surface area contributed by atoms with E-state index in [4.69, 9.17) is 11.6 Å². The molecule has 0 aliphatic carbocycles. The molecule has 2 heterocycles. The zero-order valence-corrected chi connectivity index (χ0v) is 11.1. The Balaban J connectivity index is 1.98. The van der Waals surface area contributed by atoms with Gasteiger partial charge in [0.15, 0.2) is 0 Å². The molecule has 0 spiro atoms. The Bertz CT molecular complexity index is 460. The maximum Gasteiger partial charge on any atom is 0.207 e. The molecule has 90 valence electrons. The van der Waals surface area contributed by atoms with Crippen LogP contribution in [0.2, 0.25) is 4.47 Å². The van der Waals surface area contributed by atoms with Crippen molar-refractivity contribution >= 4 is 22.9 Å². The average Bonchev–Trinajstić information content (AvgIpc) is 2.75. The van der Waals surface area contributed by atoms with Crippen molar-refractivity contribution in [2.45, 2.75) is 20.0 Å². The van der Waals surface area contributed by atoms with Crippen molar-refractivity contribution in [3.63, 3.8) is 0 Å². The number of rotatable bonds is 5. The van der Waals surface area contributed by atoms with Crippen molar-refractivity contribution in [3.8, 4) is 0 Å². The zero-order valence-electron chi connectivity index (χ0n) is 9.51. The summed E-state index contributed by atoms with van der Waals surface area (Å²) in [6, 6.07) is 4.05. The Hall–Kier alpha value is -1.04. The summed E-state index contributed by atoms with van der Waals surface area (Å²) in [7, 11) is 0. The van der Waals surface area contributed by atoms with Gasteiger partial charge >= 0.3 is 0 Å². The van der Waals surface area contributed by atoms with Gasteiger partial charge in [-0.3, -0.25) is 9.88 Å². The fourth-order valence-electron chi connectivity index (χ4n) is 1.51. The second-order valence-electron chi connectivity index (χ2n) is 3.61. The van der Waals surface area contributed by atoms with Gasteiger partial charge in [-0.2, -0.15) is 0 Å². The van der Waals surface area contributed by atoms with Gasteiger partial charge in [-0.25, -0.2) is 0 Å². The predicted molar refractivity (Wildman–Crippen MR) is 68.9 cm³/mol. The SMILES string of the molecule is CCN(Cc1ccncc1)Cc1nnc(Cl)s1. The number of halogens is 1. The van der Waals surface area contributed by atoms with Crippen LogP contribution >= 0.6 is 22.9 Å². The van der Waals surface area contributed by atoms with E-state index in [1.165, 1.54) is 16.9 Å². The van der Waals surface area contributed by atoms with Crippen LogP contribution in [0.25, 0.3) is 0 Å². The predicted octanol–water partition coefficient (Wildman–Crippen LogP) is 2.61. The zero-order chi connectivity index (χ0) is 12.1. The smallest absolute Gasteiger partial charge is 0.207 e. The van der Waals surface area contributed by atoms with Crippen LogP contribution in [-0.2, 0) is 13.1 Å². The summed E-state index contributed by atoms with van der Waals surface area (Å²) < 4.78 is 0.500. The normalized spacial score (nSPS) is 11.0. The summed E-state index contributed by atoms with van der Waals surface area (Å²) in [5, 5.41) is 8.79. The maximum absolute atomic E-state index is 5.77. The monoisotopic (exact) mass is 268 g/mol. The lowest BCUT2D eigenvalue weighted by Crippen LogP contribution is -2.22. The molecule has 4 nitrogen and oxygen atoms in total. The fourth-order valence-corrected chi connectivity index (χ4v) is 2.42. The van der Waals surface area contributed by atoms with Gasteiger partial charge in [-0.1, -0.05) is 18.3 Å². The number of hydrogen-bond acceptors (Lipinski definition) is 5. The third kappa shape index (κ3) is 3.73. The van der Waals surface area contributed by atoms with Crippen LogP contribution in [0.15, 0.2) is 24.5 Å². The molecule has 0 saturated heterocycles. The Labute approximate surface area is 109 Å². The quantitative estimate of drug-likeness (QED) is 0.836. The second kappa shape index (κ2) is 6.05. The molecule has 2 aromatic heterocycles. The third-order valence-electron chi connectivity index (χ3n) is 2.40. The first-order chi connectivity index (χ1) is 8.28. The van der Waals surface area contributed by atoms with Crippen molar-refractivity contribution in [1.29, 1.82) is 0 Å². The Kier molecular flexibility index (Phi) is 4.42. The Morgan fingerprint density at radius 3 is 2.59 bits per heavy atom. The lowest BCUT2D eigenvalue weighted by molar-refractivity contribution is 0.270. The van der Waals surface area contributed by atoms with Crippen LogP contribution in [0.5, 0.6) is 0 Å². The van der Waals surface area contributed by atoms with Gasteiger partial charge in [-0.05, 0) is 35.8 Å². The van der Waals surface area contributed by atoms with E-state index in [0.29, 0.717) is 4.47 Å². The van der Waals surface area contributed by atoms with Gasteiger partial charge in [0, 0.05) is 18.9 Å². The molecule has 0 aliphatic heterocycles. The highest BCUT2D eigenvalue weighted by Crippen LogP contribution is 2.17. The number of pyridine rings is 1. The van der Waals surface area contributed by atoms with Crippen molar-refractivity contribution in [1.82, 2.24) is 20.1 Å². The molecule has 0 unspecified atom stereocenters. The minimum Gasteiger partial charge on any atom is -0.293 e. The van der Waals surface area contributed by atoms with E-state index >= 15 is 0 Å². The molecule has 0 aromatic carbocycles. The van der Waals surface area contributed by atoms with Crippen LogP contribution in [0.1, 0.15) is 17.5 Å². The van der Waals surface area contributed by atoms with E-state index < -0.39 is 0 Å². The molecule has 0 radical (unpaired) electrons. The second-order valence-corrected chi connectivity index (χ2v) is 5.25. The topological polar surface area (TPSA) is 41.9 Å². The minimum absolute atomic E-state index is 0.500. The summed E-state index contributed by atoms with van der Waals surface area (Å²) in [6.45, 7) is 4.75. The van der Waals surface area contributed by atoms with Gasteiger partial charge in [-0.15, -0.1) is 10.2 Å². The largest absolute Gasteiger partial charge is 0.293 e. The number of aromatic nitrogens is 3. The van der Waals surface area contributed by atoms with Gasteiger partial charge in [0.2, 0.25) is 4.47 Å². The van der Waals surface area contributed by atoms with Crippen molar-refractivity contribution < 1.29 is 0 Å². The number of hydrogen-bond donors (Lipinski definition) is 0. The molecule has 2 aromatic rings. The van der Waals surface area contributed by atoms with Gasteiger partial charge in [0.05, 0.1) is 6.54 Å². The standard InChI is InChI=1S/C11H13ClN4S/c1-2-16(7-9-3-5-13-6-4-9)8-10-14-15-11(12)17-10/h3-6H,2,7-8H2,1H3. The van der Waals surface area contributed by atoms with Crippen molar-refractivity contribution in [3.05, 3.63) is 39.6 Å². The van der Waals surface area contributed by atoms with E-state index in [1.807, 2.05) is 24.5 Å². The first-order valence-electron chi connectivity index (χ1n) is 5.37. The van der Waals surface area contributed by atoms with E-state index in [9.17, 15) is 0 Å². The van der Waals surface area contributed by atoms with Gasteiger partial charge in [0.25, 0.3) is 0 Å². The molecule has 2 rings (SSSR count). The lowest BCUT2D eigenvalue weighted by Gasteiger charge is -2.18. The minimum atomic E-state index is 0.500. The molecule has 17 heavy (non-hydrogen) atoms. The molecule has 0 saturated carbocycles. The van der Waals surface area contributed by atoms with Crippen molar-refractivity contribution in [2.75, 3.05) is 6.54 Å². The van der Waals surface area contributed by atoms with Crippen LogP contribution < -0.4 is 0 Å². The van der Waals surface area contributed by atoms with Gasteiger partial charge in [0.1, 0.15) is 5.01 Å². The molecular weight excluding hydrogens is 256 g/mol. The summed E-state index contributed by atoms with van der Waals surface area (Å²) in [5.74, 6) is 0. The average molecular weight is 269 g/mol. The molecular formula is C11H13ClN4S. The van der Waals surface area contributed by atoms with E-state index in [0.717, 1.165) is 24.6 Å². The summed E-state index contributed by atoms with van der Waals surface area (Å²) in [5.41, 5.74) is 1.25. The first-order valence-corrected chi connectivity index (χ1v) is 6.56. The molecule has 0 aliphatic rings. The highest BCUT2D eigenvalue weighted by molar-refractivity contribution is 7.15. The first kappa shape index (κ1) is 12.4. The van der Waals surface area contributed by atoms with Crippen LogP contribution in [0.3, 0.4) is 0 Å². The molecule has 0 N–H and O–H groups in total. The van der Waals surface area contributed by atoms with E-state index in [1.54, 1.807) is 0 Å². The molecule has 0 amide bonds. The van der Waals surface area contributed by atoms with E-state index in [2.05, 4.69) is 27.0 Å². The Morgan fingerprint density at radius 2 is 2.00 bits per heavy atom. The molecule has 6 heteroatoms. The Morgan fingerprint density at radius 1 is 1.24 bits per heavy atom.